The number of ether oxygens (including phenoxy) is 1. The van der Waals surface area contributed by atoms with Crippen LogP contribution < -0.4 is 5.32 Å². The Balaban J connectivity index is 1.37. The van der Waals surface area contributed by atoms with Crippen molar-refractivity contribution in [2.45, 2.75) is 62.8 Å². The third-order valence-electron chi connectivity index (χ3n) is 8.32. The highest BCUT2D eigenvalue weighted by Gasteiger charge is 2.54. The van der Waals surface area contributed by atoms with Gasteiger partial charge in [0.2, 0.25) is 10.0 Å². The zero-order valence-corrected chi connectivity index (χ0v) is 20.3. The van der Waals surface area contributed by atoms with Crippen LogP contribution in [0, 0.1) is 23.2 Å². The molecule has 176 valence electrons. The first-order valence-electron chi connectivity index (χ1n) is 12.0. The van der Waals surface area contributed by atoms with E-state index in [4.69, 9.17) is 16.3 Å². The highest BCUT2D eigenvalue weighted by molar-refractivity contribution is 7.89. The molecule has 4 saturated carbocycles. The van der Waals surface area contributed by atoms with Crippen molar-refractivity contribution in [1.29, 1.82) is 0 Å². The summed E-state index contributed by atoms with van der Waals surface area (Å²) in [6.45, 7) is 3.46. The predicted octanol–water partition coefficient (Wildman–Crippen LogP) is 4.09. The topological polar surface area (TPSA) is 75.7 Å². The van der Waals surface area contributed by atoms with Gasteiger partial charge in [0.05, 0.1) is 18.2 Å². The van der Waals surface area contributed by atoms with Gasteiger partial charge in [-0.05, 0) is 86.3 Å². The molecule has 4 bridgehead atoms. The molecule has 6 nitrogen and oxygen atoms in total. The average molecular weight is 481 g/mol. The van der Waals surface area contributed by atoms with Gasteiger partial charge in [-0.1, -0.05) is 18.5 Å². The van der Waals surface area contributed by atoms with E-state index in [0.29, 0.717) is 31.9 Å². The van der Waals surface area contributed by atoms with Crippen LogP contribution in [-0.2, 0) is 14.8 Å². The van der Waals surface area contributed by atoms with Gasteiger partial charge in [-0.2, -0.15) is 4.31 Å². The maximum atomic E-state index is 13.3. The summed E-state index contributed by atoms with van der Waals surface area (Å²) in [5.74, 6) is 2.23. The Hall–Kier alpha value is -1.15. The summed E-state index contributed by atoms with van der Waals surface area (Å²) in [5.41, 5.74) is 0.554. The third kappa shape index (κ3) is 3.99. The molecular formula is C24H33ClN2O4S. The molecule has 5 fully saturated rings. The van der Waals surface area contributed by atoms with E-state index in [1.54, 1.807) is 6.07 Å². The summed E-state index contributed by atoms with van der Waals surface area (Å²) in [5, 5.41) is 3.45. The molecule has 1 heterocycles. The van der Waals surface area contributed by atoms with Crippen LogP contribution in [-0.4, -0.2) is 51.0 Å². The van der Waals surface area contributed by atoms with Crippen molar-refractivity contribution >= 4 is 27.5 Å². The molecule has 0 radical (unpaired) electrons. The standard InChI is InChI=1S/C24H33ClN2O4S/c1-2-22(24-13-16-9-17(14-24)11-18(10-16)15-24)26-23(28)19-3-4-20(25)21(12-19)32(29,30)27-5-7-31-8-6-27/h3-4,12,16-18,22H,2,5-11,13-15H2,1H3,(H,26,28)/t16?,17?,18?,22-,24?/m0/s1. The van der Waals surface area contributed by atoms with E-state index >= 15 is 0 Å². The molecule has 1 amide bonds. The van der Waals surface area contributed by atoms with Crippen molar-refractivity contribution < 1.29 is 17.9 Å². The maximum Gasteiger partial charge on any atom is 0.251 e. The Kier molecular flexibility index (Phi) is 6.06. The highest BCUT2D eigenvalue weighted by atomic mass is 35.5. The molecule has 1 saturated heterocycles. The molecular weight excluding hydrogens is 448 g/mol. The fraction of sp³-hybridized carbons (Fsp3) is 0.708. The molecule has 4 aliphatic carbocycles. The lowest BCUT2D eigenvalue weighted by Crippen LogP contribution is -2.56. The van der Waals surface area contributed by atoms with E-state index in [-0.39, 0.29) is 27.3 Å². The molecule has 8 heteroatoms. The van der Waals surface area contributed by atoms with Crippen LogP contribution in [0.4, 0.5) is 0 Å². The Bertz CT molecular complexity index is 954. The number of morpholine rings is 1. The molecule has 0 aromatic heterocycles. The summed E-state index contributed by atoms with van der Waals surface area (Å²) in [4.78, 5) is 13.3. The van der Waals surface area contributed by atoms with Crippen LogP contribution in [0.3, 0.4) is 0 Å². The van der Waals surface area contributed by atoms with Gasteiger partial charge in [-0.15, -0.1) is 0 Å². The molecule has 5 aliphatic rings. The van der Waals surface area contributed by atoms with Crippen LogP contribution in [0.2, 0.25) is 5.02 Å². The first-order chi connectivity index (χ1) is 15.3. The number of hydrogen-bond acceptors (Lipinski definition) is 4. The summed E-state index contributed by atoms with van der Waals surface area (Å²) in [6.07, 6.45) is 8.64. The molecule has 32 heavy (non-hydrogen) atoms. The first kappa shape index (κ1) is 22.6. The lowest BCUT2D eigenvalue weighted by Gasteiger charge is -2.59. The van der Waals surface area contributed by atoms with Crippen LogP contribution in [0.1, 0.15) is 62.2 Å². The third-order valence-corrected chi connectivity index (χ3v) is 10.7. The van der Waals surface area contributed by atoms with Gasteiger partial charge in [0, 0.05) is 24.7 Å². The Morgan fingerprint density at radius 2 is 1.75 bits per heavy atom. The molecule has 1 aromatic carbocycles. The van der Waals surface area contributed by atoms with Gasteiger partial charge >= 0.3 is 0 Å². The van der Waals surface area contributed by atoms with E-state index in [1.165, 1.54) is 55.0 Å². The van der Waals surface area contributed by atoms with E-state index in [0.717, 1.165) is 24.2 Å². The minimum absolute atomic E-state index is 0.00318. The molecule has 1 atom stereocenters. The number of nitrogens with one attached hydrogen (secondary N) is 1. The van der Waals surface area contributed by atoms with Gasteiger partial charge in [0.25, 0.3) is 5.91 Å². The van der Waals surface area contributed by atoms with Crippen LogP contribution in [0.25, 0.3) is 0 Å². The van der Waals surface area contributed by atoms with Gasteiger partial charge in [-0.3, -0.25) is 4.79 Å². The van der Waals surface area contributed by atoms with Crippen molar-refractivity contribution in [2.24, 2.45) is 23.2 Å². The van der Waals surface area contributed by atoms with Crippen molar-refractivity contribution in [3.8, 4) is 0 Å². The van der Waals surface area contributed by atoms with Crippen molar-refractivity contribution in [2.75, 3.05) is 26.3 Å². The molecule has 0 unspecified atom stereocenters. The van der Waals surface area contributed by atoms with E-state index in [1.807, 2.05) is 0 Å². The van der Waals surface area contributed by atoms with Gasteiger partial charge in [0.1, 0.15) is 4.90 Å². The summed E-state index contributed by atoms with van der Waals surface area (Å²) in [6, 6.07) is 4.71. The quantitative estimate of drug-likeness (QED) is 0.665. The Morgan fingerprint density at radius 3 is 2.31 bits per heavy atom. The van der Waals surface area contributed by atoms with Gasteiger partial charge in [-0.25, -0.2) is 8.42 Å². The summed E-state index contributed by atoms with van der Waals surface area (Å²) < 4.78 is 32.9. The van der Waals surface area contributed by atoms with Crippen molar-refractivity contribution in [3.05, 3.63) is 28.8 Å². The van der Waals surface area contributed by atoms with E-state index in [9.17, 15) is 13.2 Å². The maximum absolute atomic E-state index is 13.3. The fourth-order valence-corrected chi connectivity index (χ4v) is 9.21. The largest absolute Gasteiger partial charge is 0.379 e. The summed E-state index contributed by atoms with van der Waals surface area (Å²) >= 11 is 6.28. The van der Waals surface area contributed by atoms with Gasteiger partial charge < -0.3 is 10.1 Å². The average Bonchev–Trinajstić information content (AvgIpc) is 2.77. The monoisotopic (exact) mass is 480 g/mol. The number of sulfonamides is 1. The SMILES string of the molecule is CC[C@H](NC(=O)c1ccc(Cl)c(S(=O)(=O)N2CCOCC2)c1)C12CC3CC(CC(C3)C1)C2. The number of carbonyl (C=O) groups excluding carboxylic acids is 1. The second kappa shape index (κ2) is 8.57. The first-order valence-corrected chi connectivity index (χ1v) is 13.8. The lowest BCUT2D eigenvalue weighted by molar-refractivity contribution is -0.0727. The Morgan fingerprint density at radius 1 is 1.16 bits per heavy atom. The Labute approximate surface area is 196 Å². The molecule has 1 N–H and O–H groups in total. The van der Waals surface area contributed by atoms with Crippen LogP contribution in [0.5, 0.6) is 0 Å². The van der Waals surface area contributed by atoms with E-state index in [2.05, 4.69) is 12.2 Å². The second-order valence-electron chi connectivity index (χ2n) is 10.4. The highest BCUT2D eigenvalue weighted by Crippen LogP contribution is 2.61. The molecule has 1 aliphatic heterocycles. The number of rotatable bonds is 6. The number of nitrogens with zero attached hydrogens (tertiary/aromatic N) is 1. The molecule has 1 aromatic rings. The second-order valence-corrected chi connectivity index (χ2v) is 12.7. The zero-order chi connectivity index (χ0) is 22.5. The number of halogens is 1. The van der Waals surface area contributed by atoms with Crippen molar-refractivity contribution in [1.82, 2.24) is 9.62 Å². The van der Waals surface area contributed by atoms with Gasteiger partial charge in [0.15, 0.2) is 0 Å². The molecule has 0 spiro atoms. The predicted molar refractivity (Wildman–Crippen MR) is 123 cm³/mol. The summed E-state index contributed by atoms with van der Waals surface area (Å²) in [7, 11) is -3.78. The fourth-order valence-electron chi connectivity index (χ4n) is 7.30. The van der Waals surface area contributed by atoms with Crippen molar-refractivity contribution in [3.63, 3.8) is 0 Å². The minimum atomic E-state index is -3.78. The molecule has 6 rings (SSSR count). The zero-order valence-electron chi connectivity index (χ0n) is 18.7. The normalized spacial score (nSPS) is 33.2. The number of amides is 1. The number of carbonyl (C=O) groups is 1. The number of benzene rings is 1. The minimum Gasteiger partial charge on any atom is -0.379 e. The van der Waals surface area contributed by atoms with E-state index < -0.39 is 10.0 Å². The lowest BCUT2D eigenvalue weighted by atomic mass is 9.47. The number of hydrogen-bond donors (Lipinski definition) is 1. The van der Waals surface area contributed by atoms with Crippen LogP contribution >= 0.6 is 11.6 Å². The smallest absolute Gasteiger partial charge is 0.251 e. The van der Waals surface area contributed by atoms with Crippen LogP contribution in [0.15, 0.2) is 23.1 Å².